The van der Waals surface area contributed by atoms with E-state index in [2.05, 4.69) is 20.3 Å². The number of halogens is 2. The van der Waals surface area contributed by atoms with Gasteiger partial charge in [0.2, 0.25) is 5.91 Å². The van der Waals surface area contributed by atoms with Crippen molar-refractivity contribution >= 4 is 34.5 Å². The minimum Gasteiger partial charge on any atom is -0.383 e. The van der Waals surface area contributed by atoms with Gasteiger partial charge in [-0.1, -0.05) is 0 Å². The highest BCUT2D eigenvalue weighted by Gasteiger charge is 2.48. The molecule has 4 heterocycles. The number of hydrogen-bond donors (Lipinski definition) is 2. The lowest BCUT2D eigenvalue weighted by Gasteiger charge is -2.33. The van der Waals surface area contributed by atoms with Crippen LogP contribution in [0.3, 0.4) is 0 Å². The fourth-order valence-corrected chi connectivity index (χ4v) is 5.63. The van der Waals surface area contributed by atoms with Crippen molar-refractivity contribution in [2.75, 3.05) is 17.6 Å². The van der Waals surface area contributed by atoms with Gasteiger partial charge in [-0.05, 0) is 43.0 Å². The second-order valence-corrected chi connectivity index (χ2v) is 9.61. The van der Waals surface area contributed by atoms with Gasteiger partial charge in [-0.2, -0.15) is 10.4 Å². The van der Waals surface area contributed by atoms with Gasteiger partial charge in [0.05, 0.1) is 23.5 Å². The highest BCUT2D eigenvalue weighted by atomic mass is 19.1. The summed E-state index contributed by atoms with van der Waals surface area (Å²) in [4.78, 5) is 39.2. The van der Waals surface area contributed by atoms with E-state index in [1.54, 1.807) is 9.58 Å². The van der Waals surface area contributed by atoms with Crippen LogP contribution in [0.15, 0.2) is 42.9 Å². The van der Waals surface area contributed by atoms with Crippen LogP contribution in [0.25, 0.3) is 22.3 Å². The third-order valence-electron chi connectivity index (χ3n) is 7.28. The number of amides is 2. The Bertz CT molecular complexity index is 1680. The quantitative estimate of drug-likeness (QED) is 0.400. The van der Waals surface area contributed by atoms with E-state index in [4.69, 9.17) is 16.1 Å². The molecule has 1 aliphatic carbocycles. The molecule has 1 aliphatic heterocycles. The van der Waals surface area contributed by atoms with Crippen LogP contribution in [0.2, 0.25) is 0 Å². The molecule has 11 nitrogen and oxygen atoms in total. The van der Waals surface area contributed by atoms with Crippen LogP contribution in [0.4, 0.5) is 20.4 Å². The number of pyridine rings is 1. The predicted octanol–water partition coefficient (Wildman–Crippen LogP) is 3.08. The fraction of sp³-hybridized carbons (Fsp3) is 0.269. The van der Waals surface area contributed by atoms with Gasteiger partial charge < -0.3 is 16.0 Å². The molecule has 1 saturated heterocycles. The minimum absolute atomic E-state index is 0.00461. The van der Waals surface area contributed by atoms with Crippen molar-refractivity contribution in [2.45, 2.75) is 31.3 Å². The van der Waals surface area contributed by atoms with Crippen LogP contribution in [-0.2, 0) is 4.79 Å². The Kier molecular flexibility index (Phi) is 5.86. The summed E-state index contributed by atoms with van der Waals surface area (Å²) in [6.07, 6.45) is 3.83. The Morgan fingerprint density at radius 2 is 1.95 bits per heavy atom. The summed E-state index contributed by atoms with van der Waals surface area (Å²) < 4.78 is 30.6. The van der Waals surface area contributed by atoms with Crippen molar-refractivity contribution in [1.29, 1.82) is 5.26 Å². The van der Waals surface area contributed by atoms with Gasteiger partial charge in [0.25, 0.3) is 5.91 Å². The monoisotopic (exact) mass is 529 g/mol. The first kappa shape index (κ1) is 24.4. The number of piperidine rings is 1. The standard InChI is InChI=1S/C26H21F2N9O2/c27-15-4-6-31-20(10-15)34-26(39)14-1-2-16(17(28)9-14)23-22-24(30)32-12-33-25(22)37(35-23)19-8-13-7-18(19)36(11-13)21(38)3-5-29/h1-2,4,6,9-10,12-13,18-19H,3,7-8,11H2,(H2,30,32,33)(H,31,34,39)/t13-,18+,19?/m1/s1. The van der Waals surface area contributed by atoms with Gasteiger partial charge in [0.15, 0.2) is 5.65 Å². The molecular weight excluding hydrogens is 508 g/mol. The number of benzene rings is 1. The number of nitriles is 1. The summed E-state index contributed by atoms with van der Waals surface area (Å²) >= 11 is 0. The number of likely N-dealkylation sites (tertiary alicyclic amines) is 1. The molecule has 39 heavy (non-hydrogen) atoms. The Balaban J connectivity index is 1.36. The number of rotatable bonds is 5. The molecule has 4 aromatic rings. The second-order valence-electron chi connectivity index (χ2n) is 9.61. The second kappa shape index (κ2) is 9.39. The van der Waals surface area contributed by atoms with Crippen LogP contribution in [0.5, 0.6) is 0 Å². The SMILES string of the molecule is N#CCC(=O)N1C[C@H]2CC(n3nc(-c4ccc(C(=O)Nc5cc(F)ccn5)cc4F)c4c(N)ncnc43)[C@@H]1C2. The maximum atomic E-state index is 15.5. The summed E-state index contributed by atoms with van der Waals surface area (Å²) in [5, 5.41) is 16.5. The molecule has 0 radical (unpaired) electrons. The molecular formula is C26H21F2N9O2. The molecule has 0 spiro atoms. The number of aromatic nitrogens is 5. The lowest BCUT2D eigenvalue weighted by atomic mass is 10.0. The first-order valence-electron chi connectivity index (χ1n) is 12.2. The summed E-state index contributed by atoms with van der Waals surface area (Å²) in [5.74, 6) is -1.84. The highest BCUT2D eigenvalue weighted by molar-refractivity contribution is 6.04. The van der Waals surface area contributed by atoms with Gasteiger partial charge in [0, 0.05) is 29.9 Å². The average molecular weight is 530 g/mol. The van der Waals surface area contributed by atoms with Crippen molar-refractivity contribution in [3.8, 4) is 17.3 Å². The van der Waals surface area contributed by atoms with Crippen LogP contribution < -0.4 is 11.1 Å². The zero-order valence-electron chi connectivity index (χ0n) is 20.4. The molecule has 196 valence electrons. The van der Waals surface area contributed by atoms with Crippen LogP contribution >= 0.6 is 0 Å². The molecule has 2 bridgehead atoms. The Hall–Kier alpha value is -4.99. The number of carbonyl (C=O) groups is 2. The van der Waals surface area contributed by atoms with Gasteiger partial charge in [0.1, 0.15) is 41.7 Å². The van der Waals surface area contributed by atoms with E-state index in [0.717, 1.165) is 31.0 Å². The van der Waals surface area contributed by atoms with E-state index in [1.807, 2.05) is 6.07 Å². The number of nitrogens with one attached hydrogen (secondary N) is 1. The average Bonchev–Trinajstić information content (AvgIpc) is 3.62. The normalized spacial score (nSPS) is 19.8. The number of hydrogen-bond acceptors (Lipinski definition) is 8. The van der Waals surface area contributed by atoms with E-state index in [9.17, 15) is 14.0 Å². The van der Waals surface area contributed by atoms with E-state index in [1.165, 1.54) is 24.7 Å². The zero-order valence-corrected chi connectivity index (χ0v) is 20.4. The molecule has 1 unspecified atom stereocenters. The van der Waals surface area contributed by atoms with Crippen molar-refractivity contribution < 1.29 is 18.4 Å². The third kappa shape index (κ3) is 4.19. The summed E-state index contributed by atoms with van der Waals surface area (Å²) in [7, 11) is 0. The summed E-state index contributed by atoms with van der Waals surface area (Å²) in [6.45, 7) is 0.591. The van der Waals surface area contributed by atoms with Crippen LogP contribution in [0.1, 0.15) is 35.7 Å². The molecule has 3 N–H and O–H groups in total. The molecule has 2 fully saturated rings. The molecule has 1 saturated carbocycles. The number of nitrogens with two attached hydrogens (primary N) is 1. The number of anilines is 2. The highest BCUT2D eigenvalue weighted by Crippen LogP contribution is 2.46. The number of fused-ring (bicyclic) bond motifs is 3. The topological polar surface area (TPSA) is 156 Å². The summed E-state index contributed by atoms with van der Waals surface area (Å²) in [6, 6.07) is 7.57. The molecule has 2 aliphatic rings. The number of carbonyl (C=O) groups excluding carboxylic acids is 2. The van der Waals surface area contributed by atoms with E-state index in [-0.39, 0.29) is 58.8 Å². The van der Waals surface area contributed by atoms with E-state index >= 15 is 4.39 Å². The Morgan fingerprint density at radius 3 is 2.69 bits per heavy atom. The van der Waals surface area contributed by atoms with Crippen LogP contribution in [0, 0.1) is 28.9 Å². The Labute approximate surface area is 220 Å². The lowest BCUT2D eigenvalue weighted by Crippen LogP contribution is -2.43. The van der Waals surface area contributed by atoms with Crippen LogP contribution in [-0.4, -0.2) is 54.0 Å². The Morgan fingerprint density at radius 1 is 1.13 bits per heavy atom. The van der Waals surface area contributed by atoms with Crippen molar-refractivity contribution in [2.24, 2.45) is 5.92 Å². The van der Waals surface area contributed by atoms with E-state index in [0.29, 0.717) is 17.6 Å². The predicted molar refractivity (Wildman–Crippen MR) is 135 cm³/mol. The molecule has 13 heteroatoms. The minimum atomic E-state index is -0.733. The maximum Gasteiger partial charge on any atom is 0.256 e. The van der Waals surface area contributed by atoms with Crippen molar-refractivity contribution in [1.82, 2.24) is 29.6 Å². The smallest absolute Gasteiger partial charge is 0.256 e. The fourth-order valence-electron chi connectivity index (χ4n) is 5.63. The number of nitrogen functional groups attached to an aromatic ring is 1. The molecule has 2 amide bonds. The van der Waals surface area contributed by atoms with Gasteiger partial charge >= 0.3 is 0 Å². The van der Waals surface area contributed by atoms with Crippen molar-refractivity contribution in [3.05, 3.63) is 60.1 Å². The molecule has 3 aromatic heterocycles. The van der Waals surface area contributed by atoms with E-state index < -0.39 is 17.5 Å². The summed E-state index contributed by atoms with van der Waals surface area (Å²) in [5.41, 5.74) is 6.88. The third-order valence-corrected chi connectivity index (χ3v) is 7.28. The lowest BCUT2D eigenvalue weighted by molar-refractivity contribution is -0.132. The molecule has 3 atom stereocenters. The number of nitrogens with zero attached hydrogens (tertiary/aromatic N) is 7. The van der Waals surface area contributed by atoms with Crippen molar-refractivity contribution in [3.63, 3.8) is 0 Å². The van der Waals surface area contributed by atoms with Gasteiger partial charge in [-0.25, -0.2) is 28.4 Å². The van der Waals surface area contributed by atoms with Gasteiger partial charge in [-0.15, -0.1) is 0 Å². The maximum absolute atomic E-state index is 15.5. The first-order chi connectivity index (χ1) is 18.8. The largest absolute Gasteiger partial charge is 0.383 e. The first-order valence-corrected chi connectivity index (χ1v) is 12.2. The zero-order chi connectivity index (χ0) is 27.3. The molecule has 1 aromatic carbocycles. The van der Waals surface area contributed by atoms with Gasteiger partial charge in [-0.3, -0.25) is 9.59 Å². The molecule has 6 rings (SSSR count).